The molecule has 0 radical (unpaired) electrons. The van der Waals surface area contributed by atoms with E-state index in [1.54, 1.807) is 13.3 Å². The maximum absolute atomic E-state index is 12.5. The molecule has 2 fully saturated rings. The van der Waals surface area contributed by atoms with Crippen molar-refractivity contribution in [1.82, 2.24) is 14.8 Å². The van der Waals surface area contributed by atoms with Crippen LogP contribution in [0.15, 0.2) is 18.3 Å². The van der Waals surface area contributed by atoms with E-state index in [-0.39, 0.29) is 12.0 Å². The van der Waals surface area contributed by atoms with Crippen molar-refractivity contribution in [1.29, 1.82) is 0 Å². The lowest BCUT2D eigenvalue weighted by atomic mass is 10.0. The summed E-state index contributed by atoms with van der Waals surface area (Å²) in [4.78, 5) is 19.9. The molecule has 6 heteroatoms. The fourth-order valence-electron chi connectivity index (χ4n) is 3.48. The van der Waals surface area contributed by atoms with Crippen LogP contribution in [-0.4, -0.2) is 79.3 Å². The number of aromatic amines is 1. The molecule has 3 rings (SSSR count). The fourth-order valence-corrected chi connectivity index (χ4v) is 3.48. The van der Waals surface area contributed by atoms with Gasteiger partial charge in [0.05, 0.1) is 19.3 Å². The number of ether oxygens (including phenoxy) is 2. The van der Waals surface area contributed by atoms with Gasteiger partial charge in [0, 0.05) is 45.5 Å². The van der Waals surface area contributed by atoms with Crippen molar-refractivity contribution in [2.75, 3.05) is 46.5 Å². The van der Waals surface area contributed by atoms with Crippen molar-refractivity contribution in [2.24, 2.45) is 0 Å². The Balaban J connectivity index is 1.64. The Hall–Kier alpha value is -1.37. The Bertz CT molecular complexity index is 477. The van der Waals surface area contributed by atoms with Gasteiger partial charge in [-0.25, -0.2) is 0 Å². The predicted octanol–water partition coefficient (Wildman–Crippen LogP) is 0.967. The number of morpholine rings is 1. The van der Waals surface area contributed by atoms with Crippen LogP contribution in [0.1, 0.15) is 23.3 Å². The van der Waals surface area contributed by atoms with Crippen LogP contribution in [0.2, 0.25) is 0 Å². The summed E-state index contributed by atoms with van der Waals surface area (Å²) in [5.41, 5.74) is 0.669. The highest BCUT2D eigenvalue weighted by Gasteiger charge is 2.35. The largest absolute Gasteiger partial charge is 0.383 e. The molecule has 1 N–H and O–H groups in total. The molecule has 1 aromatic heterocycles. The van der Waals surface area contributed by atoms with Crippen LogP contribution in [-0.2, 0) is 9.47 Å². The first-order valence-electron chi connectivity index (χ1n) is 8.07. The van der Waals surface area contributed by atoms with Gasteiger partial charge in [-0.2, -0.15) is 0 Å². The molecule has 122 valence electrons. The molecule has 0 bridgehead atoms. The van der Waals surface area contributed by atoms with Crippen molar-refractivity contribution in [3.63, 3.8) is 0 Å². The molecule has 0 spiro atoms. The minimum absolute atomic E-state index is 0.0899. The molecule has 1 aromatic rings. The lowest BCUT2D eigenvalue weighted by Gasteiger charge is -2.40. The van der Waals surface area contributed by atoms with Crippen molar-refractivity contribution >= 4 is 5.91 Å². The topological polar surface area (TPSA) is 57.8 Å². The zero-order valence-electron chi connectivity index (χ0n) is 13.2. The lowest BCUT2D eigenvalue weighted by molar-refractivity contribution is -0.0761. The molecule has 0 saturated carbocycles. The number of methoxy groups -OCH3 is 1. The number of nitrogens with one attached hydrogen (secondary N) is 1. The minimum atomic E-state index is 0.0899. The van der Waals surface area contributed by atoms with Gasteiger partial charge < -0.3 is 19.4 Å². The van der Waals surface area contributed by atoms with Crippen LogP contribution in [0.5, 0.6) is 0 Å². The second-order valence-corrected chi connectivity index (χ2v) is 5.96. The maximum atomic E-state index is 12.5. The average Bonchev–Trinajstić information content (AvgIpc) is 2.99. The van der Waals surface area contributed by atoms with Gasteiger partial charge in [-0.1, -0.05) is 0 Å². The third kappa shape index (κ3) is 3.34. The summed E-state index contributed by atoms with van der Waals surface area (Å²) in [7, 11) is 1.74. The molecular weight excluding hydrogens is 282 g/mol. The second-order valence-electron chi connectivity index (χ2n) is 5.96. The Morgan fingerprint density at radius 2 is 2.27 bits per heavy atom. The number of aromatic nitrogens is 1. The summed E-state index contributed by atoms with van der Waals surface area (Å²) in [6.45, 7) is 4.95. The first-order chi connectivity index (χ1) is 10.8. The first-order valence-corrected chi connectivity index (χ1v) is 8.07. The number of hydrogen-bond donors (Lipinski definition) is 1. The SMILES string of the molecule is COCCN1CCO[C@@H]2CCN(C(=O)c3ccc[nH]3)CC[C@@H]21. The summed E-state index contributed by atoms with van der Waals surface area (Å²) in [6, 6.07) is 4.09. The quantitative estimate of drug-likeness (QED) is 0.900. The zero-order chi connectivity index (χ0) is 15.4. The van der Waals surface area contributed by atoms with E-state index in [2.05, 4.69) is 9.88 Å². The number of H-pyrrole nitrogens is 1. The summed E-state index contributed by atoms with van der Waals surface area (Å²) in [5.74, 6) is 0.0899. The van der Waals surface area contributed by atoms with E-state index >= 15 is 0 Å². The molecule has 3 heterocycles. The molecule has 0 aromatic carbocycles. The summed E-state index contributed by atoms with van der Waals surface area (Å²) < 4.78 is 11.2. The fraction of sp³-hybridized carbons (Fsp3) is 0.688. The van der Waals surface area contributed by atoms with Gasteiger partial charge in [0.2, 0.25) is 0 Å². The number of hydrogen-bond acceptors (Lipinski definition) is 4. The van der Waals surface area contributed by atoms with Crippen LogP contribution in [0.25, 0.3) is 0 Å². The number of likely N-dealkylation sites (tertiary alicyclic amines) is 1. The maximum Gasteiger partial charge on any atom is 0.270 e. The van der Waals surface area contributed by atoms with Gasteiger partial charge in [0.15, 0.2) is 0 Å². The van der Waals surface area contributed by atoms with Crippen molar-refractivity contribution in [3.05, 3.63) is 24.0 Å². The summed E-state index contributed by atoms with van der Waals surface area (Å²) >= 11 is 0. The number of fused-ring (bicyclic) bond motifs is 1. The highest BCUT2D eigenvalue weighted by atomic mass is 16.5. The predicted molar refractivity (Wildman–Crippen MR) is 82.9 cm³/mol. The van der Waals surface area contributed by atoms with Gasteiger partial charge in [-0.05, 0) is 25.0 Å². The highest BCUT2D eigenvalue weighted by molar-refractivity contribution is 5.92. The lowest BCUT2D eigenvalue weighted by Crippen LogP contribution is -2.52. The standard InChI is InChI=1S/C16H25N3O3/c1-21-11-9-18-10-12-22-15-5-8-19(7-4-14(15)18)16(20)13-3-2-6-17-13/h2-3,6,14-15,17H,4-5,7-12H2,1H3/t14-,15+/m0/s1. The normalized spacial score (nSPS) is 26.5. The van der Waals surface area contributed by atoms with E-state index in [1.807, 2.05) is 17.0 Å². The van der Waals surface area contributed by atoms with Crippen molar-refractivity contribution in [2.45, 2.75) is 25.0 Å². The van der Waals surface area contributed by atoms with E-state index in [0.29, 0.717) is 11.7 Å². The van der Waals surface area contributed by atoms with Crippen LogP contribution in [0.4, 0.5) is 0 Å². The highest BCUT2D eigenvalue weighted by Crippen LogP contribution is 2.24. The van der Waals surface area contributed by atoms with Gasteiger partial charge >= 0.3 is 0 Å². The molecule has 2 aliphatic rings. The number of rotatable bonds is 4. The number of carbonyl (C=O) groups excluding carboxylic acids is 1. The van der Waals surface area contributed by atoms with E-state index in [0.717, 1.165) is 52.2 Å². The Morgan fingerprint density at radius 3 is 3.05 bits per heavy atom. The Kier molecular flexibility index (Phi) is 5.12. The van der Waals surface area contributed by atoms with Crippen LogP contribution in [0, 0.1) is 0 Å². The average molecular weight is 307 g/mol. The van der Waals surface area contributed by atoms with E-state index in [4.69, 9.17) is 9.47 Å². The van der Waals surface area contributed by atoms with Gasteiger partial charge in [-0.3, -0.25) is 9.69 Å². The van der Waals surface area contributed by atoms with Crippen molar-refractivity contribution < 1.29 is 14.3 Å². The number of carbonyl (C=O) groups is 1. The molecule has 0 aliphatic carbocycles. The van der Waals surface area contributed by atoms with Crippen LogP contribution < -0.4 is 0 Å². The summed E-state index contributed by atoms with van der Waals surface area (Å²) in [6.07, 6.45) is 3.88. The third-order valence-corrected chi connectivity index (χ3v) is 4.69. The zero-order valence-corrected chi connectivity index (χ0v) is 13.2. The molecular formula is C16H25N3O3. The van der Waals surface area contributed by atoms with Crippen LogP contribution >= 0.6 is 0 Å². The molecule has 1 amide bonds. The minimum Gasteiger partial charge on any atom is -0.383 e. The van der Waals surface area contributed by atoms with Gasteiger partial charge in [0.25, 0.3) is 5.91 Å². The smallest absolute Gasteiger partial charge is 0.270 e. The molecule has 2 aliphatic heterocycles. The van der Waals surface area contributed by atoms with Crippen molar-refractivity contribution in [3.8, 4) is 0 Å². The molecule has 22 heavy (non-hydrogen) atoms. The Morgan fingerprint density at radius 1 is 1.41 bits per heavy atom. The van der Waals surface area contributed by atoms with Gasteiger partial charge in [0.1, 0.15) is 5.69 Å². The summed E-state index contributed by atoms with van der Waals surface area (Å²) in [5, 5.41) is 0. The van der Waals surface area contributed by atoms with Gasteiger partial charge in [-0.15, -0.1) is 0 Å². The van der Waals surface area contributed by atoms with E-state index in [1.165, 1.54) is 0 Å². The first kappa shape index (κ1) is 15.5. The van der Waals surface area contributed by atoms with Crippen LogP contribution in [0.3, 0.4) is 0 Å². The third-order valence-electron chi connectivity index (χ3n) is 4.69. The Labute approximate surface area is 131 Å². The number of nitrogens with zero attached hydrogens (tertiary/aromatic N) is 2. The number of amides is 1. The second kappa shape index (κ2) is 7.26. The molecule has 6 nitrogen and oxygen atoms in total. The molecule has 2 saturated heterocycles. The molecule has 0 unspecified atom stereocenters. The van der Waals surface area contributed by atoms with E-state index < -0.39 is 0 Å². The monoisotopic (exact) mass is 307 g/mol. The molecule has 2 atom stereocenters. The van der Waals surface area contributed by atoms with E-state index in [9.17, 15) is 4.79 Å².